The zero-order valence-electron chi connectivity index (χ0n) is 13.4. The molecule has 2 aliphatic heterocycles. The van der Waals surface area contributed by atoms with Gasteiger partial charge in [-0.1, -0.05) is 17.7 Å². The molecule has 1 fully saturated rings. The highest BCUT2D eigenvalue weighted by Crippen LogP contribution is 2.25. The molecule has 2 rings (SSSR count). The fourth-order valence-corrected chi connectivity index (χ4v) is 3.39. The molecule has 20 heavy (non-hydrogen) atoms. The van der Waals surface area contributed by atoms with Gasteiger partial charge in [-0.25, -0.2) is 0 Å². The van der Waals surface area contributed by atoms with Gasteiger partial charge in [-0.2, -0.15) is 0 Å². The molecule has 0 atom stereocenters. The van der Waals surface area contributed by atoms with Crippen LogP contribution in [0.4, 0.5) is 0 Å². The highest BCUT2D eigenvalue weighted by Gasteiger charge is 2.27. The van der Waals surface area contributed by atoms with Crippen LogP contribution in [0.25, 0.3) is 0 Å². The predicted molar refractivity (Wildman–Crippen MR) is 86.8 cm³/mol. The zero-order chi connectivity index (χ0) is 14.5. The van der Waals surface area contributed by atoms with Crippen molar-refractivity contribution in [2.45, 2.75) is 52.1 Å². The second-order valence-corrected chi connectivity index (χ2v) is 6.53. The molecule has 0 aromatic heterocycles. The van der Waals surface area contributed by atoms with Crippen molar-refractivity contribution >= 4 is 0 Å². The van der Waals surface area contributed by atoms with Crippen molar-refractivity contribution in [2.75, 3.05) is 32.7 Å². The third-order valence-electron chi connectivity index (χ3n) is 4.90. The first kappa shape index (κ1) is 15.7. The van der Waals surface area contributed by atoms with E-state index in [2.05, 4.69) is 42.7 Å². The Bertz CT molecular complexity index is 362. The third kappa shape index (κ3) is 3.94. The minimum absolute atomic E-state index is 0.642. The molecule has 0 radical (unpaired) electrons. The van der Waals surface area contributed by atoms with Crippen LogP contribution in [0.2, 0.25) is 0 Å². The maximum Gasteiger partial charge on any atom is 0.0236 e. The molecule has 0 bridgehead atoms. The van der Waals surface area contributed by atoms with E-state index in [0.29, 0.717) is 12.6 Å². The zero-order valence-corrected chi connectivity index (χ0v) is 13.4. The lowest BCUT2D eigenvalue weighted by Crippen LogP contribution is -2.48. The van der Waals surface area contributed by atoms with Gasteiger partial charge in [0.2, 0.25) is 0 Å². The molecule has 0 saturated carbocycles. The molecule has 0 unspecified atom stereocenters. The van der Waals surface area contributed by atoms with E-state index < -0.39 is 0 Å². The van der Waals surface area contributed by atoms with Crippen molar-refractivity contribution in [1.82, 2.24) is 9.80 Å². The standard InChI is InChI=1S/C17H31N3/c1-14(2)19-11-7-17(8-12-19)20-10-6-15(3)16(13-20)5-4-9-18/h4-5,14,17H,6-13,18H2,1-3H3/b5-4-. The number of rotatable bonds is 4. The Hall–Kier alpha value is -0.640. The Morgan fingerprint density at radius 1 is 1.25 bits per heavy atom. The van der Waals surface area contributed by atoms with Crippen LogP contribution in [-0.2, 0) is 0 Å². The summed E-state index contributed by atoms with van der Waals surface area (Å²) in [4.78, 5) is 5.30. The summed E-state index contributed by atoms with van der Waals surface area (Å²) in [6.45, 7) is 12.4. The van der Waals surface area contributed by atoms with Crippen molar-refractivity contribution in [3.05, 3.63) is 23.3 Å². The normalized spacial score (nSPS) is 24.2. The first-order chi connectivity index (χ1) is 9.61. The number of nitrogens with two attached hydrogens (primary N) is 1. The van der Waals surface area contributed by atoms with Crippen LogP contribution in [0.1, 0.15) is 40.0 Å². The quantitative estimate of drug-likeness (QED) is 0.856. The maximum absolute atomic E-state index is 5.58. The van der Waals surface area contributed by atoms with Gasteiger partial charge in [0.25, 0.3) is 0 Å². The highest BCUT2D eigenvalue weighted by molar-refractivity contribution is 5.28. The van der Waals surface area contributed by atoms with Crippen LogP contribution in [-0.4, -0.2) is 54.6 Å². The molecule has 0 aliphatic carbocycles. The summed E-state index contributed by atoms with van der Waals surface area (Å²) >= 11 is 0. The van der Waals surface area contributed by atoms with Gasteiger partial charge in [-0.05, 0) is 58.7 Å². The lowest BCUT2D eigenvalue weighted by molar-refractivity contribution is 0.0957. The smallest absolute Gasteiger partial charge is 0.0236 e. The molecule has 0 spiro atoms. The largest absolute Gasteiger partial charge is 0.327 e. The van der Waals surface area contributed by atoms with Crippen molar-refractivity contribution < 1.29 is 0 Å². The Balaban J connectivity index is 1.90. The summed E-state index contributed by atoms with van der Waals surface area (Å²) in [5.41, 5.74) is 8.62. The molecule has 3 heteroatoms. The number of hydrogen-bond acceptors (Lipinski definition) is 3. The average molecular weight is 277 g/mol. The molecular formula is C17H31N3. The molecule has 2 heterocycles. The van der Waals surface area contributed by atoms with Gasteiger partial charge in [0.1, 0.15) is 0 Å². The van der Waals surface area contributed by atoms with E-state index in [1.807, 2.05) is 0 Å². The summed E-state index contributed by atoms with van der Waals surface area (Å²) in [7, 11) is 0. The summed E-state index contributed by atoms with van der Waals surface area (Å²) in [5.74, 6) is 0. The molecule has 1 saturated heterocycles. The molecule has 114 valence electrons. The average Bonchev–Trinajstić information content (AvgIpc) is 2.46. The topological polar surface area (TPSA) is 32.5 Å². The van der Waals surface area contributed by atoms with E-state index in [1.165, 1.54) is 44.5 Å². The monoisotopic (exact) mass is 277 g/mol. The molecule has 3 nitrogen and oxygen atoms in total. The Morgan fingerprint density at radius 3 is 2.55 bits per heavy atom. The fraction of sp³-hybridized carbons (Fsp3) is 0.765. The van der Waals surface area contributed by atoms with Crippen molar-refractivity contribution in [3.63, 3.8) is 0 Å². The van der Waals surface area contributed by atoms with Crippen LogP contribution in [0.3, 0.4) is 0 Å². The van der Waals surface area contributed by atoms with Gasteiger partial charge >= 0.3 is 0 Å². The van der Waals surface area contributed by atoms with Gasteiger partial charge in [0.15, 0.2) is 0 Å². The summed E-state index contributed by atoms with van der Waals surface area (Å²) in [6.07, 6.45) is 8.19. The van der Waals surface area contributed by atoms with Crippen LogP contribution >= 0.6 is 0 Å². The predicted octanol–water partition coefficient (Wildman–Crippen LogP) is 2.40. The second-order valence-electron chi connectivity index (χ2n) is 6.53. The number of hydrogen-bond donors (Lipinski definition) is 1. The van der Waals surface area contributed by atoms with Crippen LogP contribution in [0, 0.1) is 0 Å². The second kappa shape index (κ2) is 7.39. The fourth-order valence-electron chi connectivity index (χ4n) is 3.39. The van der Waals surface area contributed by atoms with Crippen LogP contribution in [0.5, 0.6) is 0 Å². The minimum atomic E-state index is 0.642. The van der Waals surface area contributed by atoms with Gasteiger partial charge in [0.05, 0.1) is 0 Å². The molecule has 0 aromatic rings. The van der Waals surface area contributed by atoms with Crippen LogP contribution in [0.15, 0.2) is 23.3 Å². The van der Waals surface area contributed by atoms with E-state index in [1.54, 1.807) is 5.57 Å². The summed E-state index contributed by atoms with van der Waals surface area (Å²) in [5, 5.41) is 0. The first-order valence-electron chi connectivity index (χ1n) is 8.15. The Morgan fingerprint density at radius 2 is 1.95 bits per heavy atom. The SMILES string of the molecule is CC1=C(/C=C\CN)CN(C2CCN(C(C)C)CC2)CC1. The van der Waals surface area contributed by atoms with Gasteiger partial charge in [0, 0.05) is 31.7 Å². The van der Waals surface area contributed by atoms with E-state index in [9.17, 15) is 0 Å². The minimum Gasteiger partial charge on any atom is -0.327 e. The lowest BCUT2D eigenvalue weighted by atomic mass is 9.95. The van der Waals surface area contributed by atoms with E-state index >= 15 is 0 Å². The Labute approximate surface area is 124 Å². The van der Waals surface area contributed by atoms with Crippen molar-refractivity contribution in [2.24, 2.45) is 5.73 Å². The van der Waals surface area contributed by atoms with E-state index in [4.69, 9.17) is 5.73 Å². The number of likely N-dealkylation sites (tertiary alicyclic amines) is 1. The summed E-state index contributed by atoms with van der Waals surface area (Å²) in [6, 6.07) is 1.47. The highest BCUT2D eigenvalue weighted by atomic mass is 15.2. The third-order valence-corrected chi connectivity index (χ3v) is 4.90. The van der Waals surface area contributed by atoms with Crippen molar-refractivity contribution in [1.29, 1.82) is 0 Å². The number of piperidine rings is 1. The van der Waals surface area contributed by atoms with Crippen molar-refractivity contribution in [3.8, 4) is 0 Å². The number of nitrogens with zero attached hydrogens (tertiary/aromatic N) is 2. The molecule has 0 aromatic carbocycles. The van der Waals surface area contributed by atoms with Gasteiger partial charge in [-0.15, -0.1) is 0 Å². The summed E-state index contributed by atoms with van der Waals surface area (Å²) < 4.78 is 0. The van der Waals surface area contributed by atoms with Crippen LogP contribution < -0.4 is 5.73 Å². The molecular weight excluding hydrogens is 246 g/mol. The molecule has 2 N–H and O–H groups in total. The van der Waals surface area contributed by atoms with Gasteiger partial charge in [-0.3, -0.25) is 4.90 Å². The maximum atomic E-state index is 5.58. The van der Waals surface area contributed by atoms with E-state index in [-0.39, 0.29) is 0 Å². The molecule has 2 aliphatic rings. The molecule has 0 amide bonds. The Kier molecular flexibility index (Phi) is 5.82. The lowest BCUT2D eigenvalue weighted by Gasteiger charge is -2.42. The first-order valence-corrected chi connectivity index (χ1v) is 8.15. The van der Waals surface area contributed by atoms with Gasteiger partial charge < -0.3 is 10.6 Å². The van der Waals surface area contributed by atoms with E-state index in [0.717, 1.165) is 12.6 Å².